The molecule has 1 rings (SSSR count). The van der Waals surface area contributed by atoms with E-state index in [1.165, 1.54) is 22.3 Å². The Morgan fingerprint density at radius 2 is 1.58 bits per heavy atom. The lowest BCUT2D eigenvalue weighted by atomic mass is 10.1. The zero-order valence-electron chi connectivity index (χ0n) is 9.00. The highest BCUT2D eigenvalue weighted by Crippen LogP contribution is 2.58. The number of rotatable bonds is 0. The minimum absolute atomic E-state index is 0.302. The third kappa shape index (κ3) is 1.40. The molecule has 0 aromatic heterocycles. The van der Waals surface area contributed by atoms with Crippen molar-refractivity contribution in [3.05, 3.63) is 28.0 Å². The largest absolute Gasteiger partial charge is 0.118 e. The average Bonchev–Trinajstić information content (AvgIpc) is 2.32. The molecule has 0 aliphatic heterocycles. The van der Waals surface area contributed by atoms with Crippen molar-refractivity contribution < 1.29 is 0 Å². The smallest absolute Gasteiger partial charge is 0.0231 e. The molecule has 0 spiro atoms. The molecule has 12 heavy (non-hydrogen) atoms. The summed E-state index contributed by atoms with van der Waals surface area (Å²) in [4.78, 5) is 0. The fraction of sp³-hybridized carbons (Fsp3) is 0.583. The van der Waals surface area contributed by atoms with Crippen molar-refractivity contribution in [3.63, 3.8) is 0 Å². The molecule has 0 aromatic rings. The standard InChI is InChI=1S/C12H18/c1-8(2)7-10-11(9(3)4)12(10,5)6/h1-6H3. The summed E-state index contributed by atoms with van der Waals surface area (Å²) in [5.74, 6) is 0. The summed E-state index contributed by atoms with van der Waals surface area (Å²) in [7, 11) is 0. The number of hydrogen-bond acceptors (Lipinski definition) is 0. The zero-order valence-corrected chi connectivity index (χ0v) is 9.00. The molecule has 1 fully saturated rings. The zero-order chi connectivity index (χ0) is 9.52. The highest BCUT2D eigenvalue weighted by molar-refractivity contribution is 5.62. The molecule has 0 N–H and O–H groups in total. The SMILES string of the molecule is CC(C)=C=C1C(=C(C)C)C1(C)C. The molecule has 66 valence electrons. The van der Waals surface area contributed by atoms with Crippen molar-refractivity contribution in [1.29, 1.82) is 0 Å². The lowest BCUT2D eigenvalue weighted by Gasteiger charge is -1.91. The van der Waals surface area contributed by atoms with Crippen molar-refractivity contribution in [1.82, 2.24) is 0 Å². The van der Waals surface area contributed by atoms with Crippen LogP contribution in [0.4, 0.5) is 0 Å². The van der Waals surface area contributed by atoms with Gasteiger partial charge in [-0.2, -0.15) is 0 Å². The maximum absolute atomic E-state index is 3.41. The van der Waals surface area contributed by atoms with Crippen LogP contribution in [0.15, 0.2) is 28.0 Å². The first-order valence-corrected chi connectivity index (χ1v) is 4.50. The third-order valence-corrected chi connectivity index (χ3v) is 2.31. The minimum Gasteiger partial charge on any atom is -0.118 e. The van der Waals surface area contributed by atoms with E-state index >= 15 is 0 Å². The Labute approximate surface area is 75.7 Å². The van der Waals surface area contributed by atoms with E-state index < -0.39 is 0 Å². The summed E-state index contributed by atoms with van der Waals surface area (Å²) in [5.41, 5.74) is 9.33. The summed E-state index contributed by atoms with van der Waals surface area (Å²) in [6.07, 6.45) is 0. The van der Waals surface area contributed by atoms with Crippen molar-refractivity contribution in [3.8, 4) is 0 Å². The molecule has 0 bridgehead atoms. The van der Waals surface area contributed by atoms with E-state index in [4.69, 9.17) is 0 Å². The van der Waals surface area contributed by atoms with Crippen LogP contribution in [-0.2, 0) is 0 Å². The predicted molar refractivity (Wildman–Crippen MR) is 54.0 cm³/mol. The van der Waals surface area contributed by atoms with Gasteiger partial charge >= 0.3 is 0 Å². The second-order valence-electron chi connectivity index (χ2n) is 4.50. The summed E-state index contributed by atoms with van der Waals surface area (Å²) < 4.78 is 0. The van der Waals surface area contributed by atoms with E-state index in [-0.39, 0.29) is 0 Å². The fourth-order valence-corrected chi connectivity index (χ4v) is 1.81. The summed E-state index contributed by atoms with van der Waals surface area (Å²) in [6.45, 7) is 13.1. The lowest BCUT2D eigenvalue weighted by Crippen LogP contribution is -1.81. The third-order valence-electron chi connectivity index (χ3n) is 2.31. The van der Waals surface area contributed by atoms with Crippen LogP contribution in [-0.4, -0.2) is 0 Å². The summed E-state index contributed by atoms with van der Waals surface area (Å²) in [5, 5.41) is 0. The van der Waals surface area contributed by atoms with Gasteiger partial charge in [-0.1, -0.05) is 19.4 Å². The Balaban J connectivity index is 3.22. The molecule has 1 aliphatic carbocycles. The van der Waals surface area contributed by atoms with Gasteiger partial charge in [0.1, 0.15) is 0 Å². The normalized spacial score (nSPS) is 18.8. The quantitative estimate of drug-likeness (QED) is 0.474. The van der Waals surface area contributed by atoms with Crippen molar-refractivity contribution >= 4 is 0 Å². The Kier molecular flexibility index (Phi) is 2.06. The maximum Gasteiger partial charge on any atom is 0.0231 e. The van der Waals surface area contributed by atoms with Crippen LogP contribution in [0.2, 0.25) is 0 Å². The molecule has 0 saturated heterocycles. The van der Waals surface area contributed by atoms with E-state index in [0.29, 0.717) is 5.41 Å². The van der Waals surface area contributed by atoms with Gasteiger partial charge in [-0.3, -0.25) is 0 Å². The van der Waals surface area contributed by atoms with Gasteiger partial charge in [0.2, 0.25) is 0 Å². The van der Waals surface area contributed by atoms with Gasteiger partial charge in [0, 0.05) is 11.0 Å². The Bertz CT molecular complexity index is 297. The van der Waals surface area contributed by atoms with Gasteiger partial charge in [-0.15, -0.1) is 5.73 Å². The number of hydrogen-bond donors (Lipinski definition) is 0. The molecule has 1 saturated carbocycles. The molecule has 0 atom stereocenters. The molecule has 0 heterocycles. The van der Waals surface area contributed by atoms with Crippen LogP contribution < -0.4 is 0 Å². The van der Waals surface area contributed by atoms with Gasteiger partial charge in [0.15, 0.2) is 0 Å². The molecule has 0 amide bonds. The minimum atomic E-state index is 0.302. The molecular weight excluding hydrogens is 144 g/mol. The Morgan fingerprint density at radius 3 is 1.83 bits per heavy atom. The average molecular weight is 162 g/mol. The van der Waals surface area contributed by atoms with Crippen LogP contribution in [0.5, 0.6) is 0 Å². The first-order valence-electron chi connectivity index (χ1n) is 4.50. The molecular formula is C12H18. The van der Waals surface area contributed by atoms with Gasteiger partial charge in [0.25, 0.3) is 0 Å². The van der Waals surface area contributed by atoms with Gasteiger partial charge < -0.3 is 0 Å². The molecule has 0 unspecified atom stereocenters. The maximum atomic E-state index is 3.41. The van der Waals surface area contributed by atoms with Gasteiger partial charge in [-0.05, 0) is 38.8 Å². The second kappa shape index (κ2) is 2.64. The van der Waals surface area contributed by atoms with E-state index in [0.717, 1.165) is 0 Å². The lowest BCUT2D eigenvalue weighted by molar-refractivity contribution is 0.736. The second-order valence-corrected chi connectivity index (χ2v) is 4.50. The van der Waals surface area contributed by atoms with Crippen LogP contribution in [0.3, 0.4) is 0 Å². The fourth-order valence-electron chi connectivity index (χ4n) is 1.81. The summed E-state index contributed by atoms with van der Waals surface area (Å²) in [6, 6.07) is 0. The van der Waals surface area contributed by atoms with Crippen molar-refractivity contribution in [2.24, 2.45) is 5.41 Å². The van der Waals surface area contributed by atoms with Crippen molar-refractivity contribution in [2.75, 3.05) is 0 Å². The van der Waals surface area contributed by atoms with E-state index in [1.54, 1.807) is 0 Å². The Morgan fingerprint density at radius 1 is 1.08 bits per heavy atom. The monoisotopic (exact) mass is 162 g/mol. The van der Waals surface area contributed by atoms with E-state index in [2.05, 4.69) is 47.3 Å². The first kappa shape index (κ1) is 9.35. The van der Waals surface area contributed by atoms with E-state index in [9.17, 15) is 0 Å². The van der Waals surface area contributed by atoms with Crippen LogP contribution in [0.25, 0.3) is 0 Å². The van der Waals surface area contributed by atoms with Crippen LogP contribution >= 0.6 is 0 Å². The molecule has 1 aliphatic rings. The highest BCUT2D eigenvalue weighted by Gasteiger charge is 2.47. The molecule has 0 heteroatoms. The molecule has 0 nitrogen and oxygen atoms in total. The van der Waals surface area contributed by atoms with E-state index in [1.807, 2.05) is 0 Å². The first-order chi connectivity index (χ1) is 5.37. The highest BCUT2D eigenvalue weighted by atomic mass is 14.5. The summed E-state index contributed by atoms with van der Waals surface area (Å²) >= 11 is 0. The Hall–Kier alpha value is -0.740. The number of allylic oxidation sites excluding steroid dienone is 3. The van der Waals surface area contributed by atoms with Gasteiger partial charge in [0.05, 0.1) is 0 Å². The molecule has 0 aromatic carbocycles. The molecule has 0 radical (unpaired) electrons. The van der Waals surface area contributed by atoms with Crippen molar-refractivity contribution in [2.45, 2.75) is 41.5 Å². The van der Waals surface area contributed by atoms with Gasteiger partial charge in [-0.25, -0.2) is 0 Å². The van der Waals surface area contributed by atoms with Crippen LogP contribution in [0.1, 0.15) is 41.5 Å². The van der Waals surface area contributed by atoms with Crippen LogP contribution in [0, 0.1) is 5.41 Å². The topological polar surface area (TPSA) is 0 Å². The predicted octanol–water partition coefficient (Wildman–Crippen LogP) is 3.85.